The molecule has 1 unspecified atom stereocenters. The summed E-state index contributed by atoms with van der Waals surface area (Å²) >= 11 is 3.51. The smallest absolute Gasteiger partial charge is 0.0504 e. The first kappa shape index (κ1) is 12.4. The van der Waals surface area contributed by atoms with Gasteiger partial charge in [0.05, 0.1) is 6.61 Å². The fourth-order valence-corrected chi connectivity index (χ4v) is 1.83. The van der Waals surface area contributed by atoms with Crippen molar-refractivity contribution in [1.82, 2.24) is 0 Å². The van der Waals surface area contributed by atoms with Crippen LogP contribution in [0.4, 0.5) is 0 Å². The summed E-state index contributed by atoms with van der Waals surface area (Å²) < 4.78 is 5.56. The summed E-state index contributed by atoms with van der Waals surface area (Å²) in [6.45, 7) is 8.51. The Morgan fingerprint density at radius 2 is 2.00 bits per heavy atom. The molecule has 0 rings (SSSR count). The molecule has 0 aliphatic carbocycles. The van der Waals surface area contributed by atoms with Gasteiger partial charge in [-0.3, -0.25) is 0 Å². The predicted molar refractivity (Wildman–Crippen MR) is 57.8 cm³/mol. The van der Waals surface area contributed by atoms with Gasteiger partial charge in [0.15, 0.2) is 0 Å². The van der Waals surface area contributed by atoms with E-state index in [0.717, 1.165) is 18.5 Å². The van der Waals surface area contributed by atoms with E-state index in [-0.39, 0.29) is 0 Å². The van der Waals surface area contributed by atoms with Gasteiger partial charge >= 0.3 is 0 Å². The molecule has 0 aromatic rings. The quantitative estimate of drug-likeness (QED) is 0.486. The lowest BCUT2D eigenvalue weighted by Crippen LogP contribution is -2.17. The second-order valence-electron chi connectivity index (χ2n) is 3.59. The Labute approximate surface area is 85.0 Å². The predicted octanol–water partition coefficient (Wildman–Crippen LogP) is 3.47. The molecule has 2 heteroatoms. The summed E-state index contributed by atoms with van der Waals surface area (Å²) in [6.07, 6.45) is 2.41. The van der Waals surface area contributed by atoms with Gasteiger partial charge in [-0.1, -0.05) is 43.1 Å². The molecule has 0 spiro atoms. The van der Waals surface area contributed by atoms with Crippen molar-refractivity contribution in [3.63, 3.8) is 0 Å². The maximum Gasteiger partial charge on any atom is 0.0504 e. The normalized spacial score (nSPS) is 13.8. The summed E-state index contributed by atoms with van der Waals surface area (Å²) in [5.74, 6) is 1.38. The standard InChI is InChI=1S/C10H21BrO/c1-4-5-6-12-8-10(7-11)9(2)3/h9-10H,4-8H2,1-3H3. The van der Waals surface area contributed by atoms with Gasteiger partial charge in [-0.25, -0.2) is 0 Å². The second kappa shape index (κ2) is 8.06. The lowest BCUT2D eigenvalue weighted by Gasteiger charge is -2.17. The average Bonchev–Trinajstić information content (AvgIpc) is 2.04. The maximum absolute atomic E-state index is 5.56. The van der Waals surface area contributed by atoms with E-state index < -0.39 is 0 Å². The Morgan fingerprint density at radius 3 is 2.42 bits per heavy atom. The molecule has 0 fully saturated rings. The van der Waals surface area contributed by atoms with Crippen molar-refractivity contribution >= 4 is 15.9 Å². The summed E-state index contributed by atoms with van der Waals surface area (Å²) in [7, 11) is 0. The van der Waals surface area contributed by atoms with Gasteiger partial charge in [-0.05, 0) is 18.3 Å². The van der Waals surface area contributed by atoms with E-state index in [0.29, 0.717) is 11.8 Å². The summed E-state index contributed by atoms with van der Waals surface area (Å²) in [5, 5.41) is 1.05. The van der Waals surface area contributed by atoms with Crippen LogP contribution in [0, 0.1) is 11.8 Å². The molecule has 0 radical (unpaired) electrons. The molecule has 0 aromatic heterocycles. The van der Waals surface area contributed by atoms with Crippen molar-refractivity contribution in [2.24, 2.45) is 11.8 Å². The van der Waals surface area contributed by atoms with Crippen LogP contribution < -0.4 is 0 Å². The SMILES string of the molecule is CCCCOCC(CBr)C(C)C. The van der Waals surface area contributed by atoms with Crippen molar-refractivity contribution in [2.45, 2.75) is 33.6 Å². The summed E-state index contributed by atoms with van der Waals surface area (Å²) in [6, 6.07) is 0. The average molecular weight is 237 g/mol. The molecule has 0 amide bonds. The van der Waals surface area contributed by atoms with Crippen molar-refractivity contribution in [3.8, 4) is 0 Å². The zero-order chi connectivity index (χ0) is 9.40. The van der Waals surface area contributed by atoms with Gasteiger partial charge < -0.3 is 4.74 Å². The first-order valence-electron chi connectivity index (χ1n) is 4.86. The van der Waals surface area contributed by atoms with Gasteiger partial charge in [0.1, 0.15) is 0 Å². The minimum absolute atomic E-state index is 0.668. The van der Waals surface area contributed by atoms with Crippen molar-refractivity contribution < 1.29 is 4.74 Å². The molecule has 12 heavy (non-hydrogen) atoms. The van der Waals surface area contributed by atoms with Gasteiger partial charge in [-0.2, -0.15) is 0 Å². The first-order chi connectivity index (χ1) is 5.72. The summed E-state index contributed by atoms with van der Waals surface area (Å²) in [4.78, 5) is 0. The van der Waals surface area contributed by atoms with Crippen LogP contribution in [0.15, 0.2) is 0 Å². The molecule has 74 valence electrons. The van der Waals surface area contributed by atoms with E-state index >= 15 is 0 Å². The molecular formula is C10H21BrO. The fraction of sp³-hybridized carbons (Fsp3) is 1.00. The van der Waals surface area contributed by atoms with E-state index in [2.05, 4.69) is 36.7 Å². The van der Waals surface area contributed by atoms with Crippen LogP contribution in [0.5, 0.6) is 0 Å². The van der Waals surface area contributed by atoms with Gasteiger partial charge in [0.2, 0.25) is 0 Å². The molecular weight excluding hydrogens is 216 g/mol. The summed E-state index contributed by atoms with van der Waals surface area (Å²) in [5.41, 5.74) is 0. The Hall–Kier alpha value is 0.440. The second-order valence-corrected chi connectivity index (χ2v) is 4.23. The van der Waals surface area contributed by atoms with E-state index in [1.54, 1.807) is 0 Å². The van der Waals surface area contributed by atoms with Crippen LogP contribution in [-0.2, 0) is 4.74 Å². The van der Waals surface area contributed by atoms with Gasteiger partial charge in [0, 0.05) is 11.9 Å². The highest BCUT2D eigenvalue weighted by Gasteiger charge is 2.11. The molecule has 0 saturated carbocycles. The minimum Gasteiger partial charge on any atom is -0.381 e. The van der Waals surface area contributed by atoms with E-state index in [4.69, 9.17) is 4.74 Å². The molecule has 0 aliphatic rings. The Kier molecular flexibility index (Phi) is 8.35. The zero-order valence-electron chi connectivity index (χ0n) is 8.48. The maximum atomic E-state index is 5.56. The number of hydrogen-bond acceptors (Lipinski definition) is 1. The molecule has 0 saturated heterocycles. The van der Waals surface area contributed by atoms with Gasteiger partial charge in [-0.15, -0.1) is 0 Å². The van der Waals surface area contributed by atoms with Crippen molar-refractivity contribution in [1.29, 1.82) is 0 Å². The Bertz CT molecular complexity index is 93.8. The molecule has 0 N–H and O–H groups in total. The molecule has 1 atom stereocenters. The number of rotatable bonds is 7. The first-order valence-corrected chi connectivity index (χ1v) is 5.98. The monoisotopic (exact) mass is 236 g/mol. The highest BCUT2D eigenvalue weighted by atomic mass is 79.9. The van der Waals surface area contributed by atoms with Crippen LogP contribution in [0.2, 0.25) is 0 Å². The lowest BCUT2D eigenvalue weighted by atomic mass is 9.99. The van der Waals surface area contributed by atoms with Crippen molar-refractivity contribution in [2.75, 3.05) is 18.5 Å². The highest BCUT2D eigenvalue weighted by Crippen LogP contribution is 2.13. The Balaban J connectivity index is 3.32. The van der Waals surface area contributed by atoms with Gasteiger partial charge in [0.25, 0.3) is 0 Å². The zero-order valence-corrected chi connectivity index (χ0v) is 10.1. The largest absolute Gasteiger partial charge is 0.381 e. The Morgan fingerprint density at radius 1 is 1.33 bits per heavy atom. The number of unbranched alkanes of at least 4 members (excludes halogenated alkanes) is 1. The number of alkyl halides is 1. The number of halogens is 1. The number of hydrogen-bond donors (Lipinski definition) is 0. The van der Waals surface area contributed by atoms with Crippen LogP contribution in [0.25, 0.3) is 0 Å². The highest BCUT2D eigenvalue weighted by molar-refractivity contribution is 9.09. The van der Waals surface area contributed by atoms with E-state index in [9.17, 15) is 0 Å². The van der Waals surface area contributed by atoms with E-state index in [1.807, 2.05) is 0 Å². The number of ether oxygens (including phenoxy) is 1. The van der Waals surface area contributed by atoms with E-state index in [1.165, 1.54) is 12.8 Å². The van der Waals surface area contributed by atoms with Crippen molar-refractivity contribution in [3.05, 3.63) is 0 Å². The molecule has 0 heterocycles. The molecule has 0 bridgehead atoms. The molecule has 1 nitrogen and oxygen atoms in total. The van der Waals surface area contributed by atoms with Crippen LogP contribution in [-0.4, -0.2) is 18.5 Å². The fourth-order valence-electron chi connectivity index (χ4n) is 0.896. The minimum atomic E-state index is 0.668. The lowest BCUT2D eigenvalue weighted by molar-refractivity contribution is 0.0898. The van der Waals surface area contributed by atoms with Crippen LogP contribution in [0.3, 0.4) is 0 Å². The topological polar surface area (TPSA) is 9.23 Å². The molecule has 0 aromatic carbocycles. The third-order valence-electron chi connectivity index (χ3n) is 2.12. The van der Waals surface area contributed by atoms with Crippen LogP contribution in [0.1, 0.15) is 33.6 Å². The third-order valence-corrected chi connectivity index (χ3v) is 2.95. The molecule has 0 aliphatic heterocycles. The van der Waals surface area contributed by atoms with Crippen LogP contribution >= 0.6 is 15.9 Å². The third kappa shape index (κ3) is 6.01.